The predicted octanol–water partition coefficient (Wildman–Crippen LogP) is 1.66. The number of methoxy groups -OCH3 is 1. The number of anilines is 1. The standard InChI is InChI=1S/C13H20N2O/c1-16-9-3-7-15-8-6-12-11(10-15)4-2-5-13(12)14/h2,4-5H,3,6-10,14H2,1H3. The van der Waals surface area contributed by atoms with Gasteiger partial charge in [-0.25, -0.2) is 0 Å². The fourth-order valence-corrected chi connectivity index (χ4v) is 2.32. The van der Waals surface area contributed by atoms with Crippen molar-refractivity contribution in [3.63, 3.8) is 0 Å². The van der Waals surface area contributed by atoms with Crippen LogP contribution < -0.4 is 5.73 Å². The Morgan fingerprint density at radius 1 is 1.44 bits per heavy atom. The molecular weight excluding hydrogens is 200 g/mol. The smallest absolute Gasteiger partial charge is 0.0474 e. The summed E-state index contributed by atoms with van der Waals surface area (Å²) >= 11 is 0. The largest absolute Gasteiger partial charge is 0.398 e. The summed E-state index contributed by atoms with van der Waals surface area (Å²) in [5.74, 6) is 0. The van der Waals surface area contributed by atoms with Gasteiger partial charge in [-0.2, -0.15) is 0 Å². The SMILES string of the molecule is COCCCN1CCc2c(N)cccc2C1. The molecule has 2 rings (SSSR count). The van der Waals surface area contributed by atoms with E-state index in [1.54, 1.807) is 7.11 Å². The summed E-state index contributed by atoms with van der Waals surface area (Å²) in [7, 11) is 1.76. The highest BCUT2D eigenvalue weighted by Gasteiger charge is 2.16. The minimum absolute atomic E-state index is 0.848. The second-order valence-electron chi connectivity index (χ2n) is 4.36. The summed E-state index contributed by atoms with van der Waals surface area (Å²) in [4.78, 5) is 2.47. The Labute approximate surface area is 97.2 Å². The van der Waals surface area contributed by atoms with Crippen molar-refractivity contribution in [2.45, 2.75) is 19.4 Å². The van der Waals surface area contributed by atoms with Gasteiger partial charge in [-0.3, -0.25) is 4.90 Å². The van der Waals surface area contributed by atoms with Crippen LogP contribution in [0.25, 0.3) is 0 Å². The van der Waals surface area contributed by atoms with E-state index in [2.05, 4.69) is 11.0 Å². The maximum Gasteiger partial charge on any atom is 0.0474 e. The third kappa shape index (κ3) is 2.54. The first-order valence-corrected chi connectivity index (χ1v) is 5.89. The van der Waals surface area contributed by atoms with Crippen LogP contribution in [0.1, 0.15) is 17.5 Å². The summed E-state index contributed by atoms with van der Waals surface area (Å²) in [5, 5.41) is 0. The van der Waals surface area contributed by atoms with Crippen molar-refractivity contribution in [2.24, 2.45) is 0 Å². The van der Waals surface area contributed by atoms with Gasteiger partial charge in [0.1, 0.15) is 0 Å². The quantitative estimate of drug-likeness (QED) is 0.619. The molecule has 0 bridgehead atoms. The van der Waals surface area contributed by atoms with Crippen LogP contribution in [0.4, 0.5) is 5.69 Å². The lowest BCUT2D eigenvalue weighted by molar-refractivity contribution is 0.167. The highest BCUT2D eigenvalue weighted by atomic mass is 16.5. The summed E-state index contributed by atoms with van der Waals surface area (Å²) in [6.45, 7) is 4.11. The molecule has 2 N–H and O–H groups in total. The number of ether oxygens (including phenoxy) is 1. The number of rotatable bonds is 4. The van der Waals surface area contributed by atoms with E-state index >= 15 is 0 Å². The van der Waals surface area contributed by atoms with Gasteiger partial charge in [-0.1, -0.05) is 12.1 Å². The average Bonchev–Trinajstić information content (AvgIpc) is 2.30. The maximum atomic E-state index is 5.97. The van der Waals surface area contributed by atoms with Crippen LogP contribution in [0.15, 0.2) is 18.2 Å². The molecule has 0 fully saturated rings. The van der Waals surface area contributed by atoms with Gasteiger partial charge < -0.3 is 10.5 Å². The Morgan fingerprint density at radius 2 is 2.31 bits per heavy atom. The molecule has 0 saturated heterocycles. The van der Waals surface area contributed by atoms with Gasteiger partial charge in [0.25, 0.3) is 0 Å². The molecule has 0 spiro atoms. The average molecular weight is 220 g/mol. The maximum absolute atomic E-state index is 5.97. The number of nitrogens with two attached hydrogens (primary N) is 1. The molecule has 1 aromatic carbocycles. The van der Waals surface area contributed by atoms with Gasteiger partial charge in [-0.15, -0.1) is 0 Å². The molecule has 1 aliphatic heterocycles. The summed E-state index contributed by atoms with van der Waals surface area (Å²) in [5.41, 5.74) is 9.67. The van der Waals surface area contributed by atoms with Crippen molar-refractivity contribution in [1.29, 1.82) is 0 Å². The molecule has 88 valence electrons. The van der Waals surface area contributed by atoms with E-state index < -0.39 is 0 Å². The topological polar surface area (TPSA) is 38.5 Å². The number of nitrogens with zero attached hydrogens (tertiary/aromatic N) is 1. The normalized spacial score (nSPS) is 16.1. The molecule has 16 heavy (non-hydrogen) atoms. The Balaban J connectivity index is 1.96. The molecule has 1 heterocycles. The zero-order valence-electron chi connectivity index (χ0n) is 9.91. The fourth-order valence-electron chi connectivity index (χ4n) is 2.32. The first-order chi connectivity index (χ1) is 7.81. The van der Waals surface area contributed by atoms with Crippen LogP contribution >= 0.6 is 0 Å². The number of hydrogen-bond acceptors (Lipinski definition) is 3. The first kappa shape index (κ1) is 11.4. The van der Waals surface area contributed by atoms with E-state index in [-0.39, 0.29) is 0 Å². The van der Waals surface area contributed by atoms with Gasteiger partial charge >= 0.3 is 0 Å². The molecule has 0 aromatic heterocycles. The number of benzene rings is 1. The molecular formula is C13H20N2O. The lowest BCUT2D eigenvalue weighted by Gasteiger charge is -2.29. The van der Waals surface area contributed by atoms with E-state index in [1.807, 2.05) is 12.1 Å². The third-order valence-corrected chi connectivity index (χ3v) is 3.20. The van der Waals surface area contributed by atoms with Crippen molar-refractivity contribution in [1.82, 2.24) is 4.90 Å². The van der Waals surface area contributed by atoms with Crippen LogP contribution in [0.5, 0.6) is 0 Å². The van der Waals surface area contributed by atoms with Crippen LogP contribution in [0.2, 0.25) is 0 Å². The molecule has 1 aromatic rings. The van der Waals surface area contributed by atoms with Gasteiger partial charge in [0, 0.05) is 39.0 Å². The molecule has 0 aliphatic carbocycles. The lowest BCUT2D eigenvalue weighted by Crippen LogP contribution is -2.32. The minimum Gasteiger partial charge on any atom is -0.398 e. The second-order valence-corrected chi connectivity index (χ2v) is 4.36. The highest BCUT2D eigenvalue weighted by molar-refractivity contribution is 5.51. The van der Waals surface area contributed by atoms with Crippen molar-refractivity contribution < 1.29 is 4.74 Å². The van der Waals surface area contributed by atoms with Crippen molar-refractivity contribution in [3.05, 3.63) is 29.3 Å². The molecule has 3 nitrogen and oxygen atoms in total. The number of hydrogen-bond donors (Lipinski definition) is 1. The second kappa shape index (κ2) is 5.32. The highest BCUT2D eigenvalue weighted by Crippen LogP contribution is 2.23. The minimum atomic E-state index is 0.848. The monoisotopic (exact) mass is 220 g/mol. The summed E-state index contributed by atoms with van der Waals surface area (Å²) in [6, 6.07) is 6.24. The Kier molecular flexibility index (Phi) is 3.80. The van der Waals surface area contributed by atoms with Crippen LogP contribution in [0.3, 0.4) is 0 Å². The van der Waals surface area contributed by atoms with Gasteiger partial charge in [0.2, 0.25) is 0 Å². The van der Waals surface area contributed by atoms with Gasteiger partial charge in [-0.05, 0) is 30.0 Å². The zero-order chi connectivity index (χ0) is 11.4. The third-order valence-electron chi connectivity index (χ3n) is 3.20. The Morgan fingerprint density at radius 3 is 3.12 bits per heavy atom. The van der Waals surface area contributed by atoms with E-state index in [9.17, 15) is 0 Å². The summed E-state index contributed by atoms with van der Waals surface area (Å²) < 4.78 is 5.07. The van der Waals surface area contributed by atoms with Crippen LogP contribution in [-0.2, 0) is 17.7 Å². The predicted molar refractivity (Wildman–Crippen MR) is 66.3 cm³/mol. The molecule has 1 aliphatic rings. The summed E-state index contributed by atoms with van der Waals surface area (Å²) in [6.07, 6.45) is 2.18. The van der Waals surface area contributed by atoms with Crippen LogP contribution in [0, 0.1) is 0 Å². The van der Waals surface area contributed by atoms with E-state index in [0.29, 0.717) is 0 Å². The molecule has 3 heteroatoms. The number of fused-ring (bicyclic) bond motifs is 1. The molecule has 0 atom stereocenters. The van der Waals surface area contributed by atoms with E-state index in [0.717, 1.165) is 44.8 Å². The lowest BCUT2D eigenvalue weighted by atomic mass is 9.98. The van der Waals surface area contributed by atoms with Gasteiger partial charge in [0.15, 0.2) is 0 Å². The molecule has 0 saturated carbocycles. The first-order valence-electron chi connectivity index (χ1n) is 5.89. The molecule has 0 unspecified atom stereocenters. The van der Waals surface area contributed by atoms with Crippen molar-refractivity contribution >= 4 is 5.69 Å². The Bertz CT molecular complexity index is 352. The number of nitrogen functional groups attached to an aromatic ring is 1. The van der Waals surface area contributed by atoms with Crippen molar-refractivity contribution in [3.8, 4) is 0 Å². The molecule has 0 radical (unpaired) electrons. The molecule has 0 amide bonds. The van der Waals surface area contributed by atoms with Gasteiger partial charge in [0.05, 0.1) is 0 Å². The van der Waals surface area contributed by atoms with E-state index in [4.69, 9.17) is 10.5 Å². The van der Waals surface area contributed by atoms with Crippen LogP contribution in [-0.4, -0.2) is 31.7 Å². The zero-order valence-corrected chi connectivity index (χ0v) is 9.91. The van der Waals surface area contributed by atoms with Crippen molar-refractivity contribution in [2.75, 3.05) is 32.5 Å². The van der Waals surface area contributed by atoms with E-state index in [1.165, 1.54) is 11.1 Å². The Hall–Kier alpha value is -1.06. The fraction of sp³-hybridized carbons (Fsp3) is 0.538.